The first kappa shape index (κ1) is 20.9. The van der Waals surface area contributed by atoms with Crippen molar-refractivity contribution in [1.29, 1.82) is 0 Å². The van der Waals surface area contributed by atoms with E-state index in [0.29, 0.717) is 16.5 Å². The average Bonchev–Trinajstić information content (AvgIpc) is 3.41. The molecule has 3 heterocycles. The molecule has 0 radical (unpaired) electrons. The van der Waals surface area contributed by atoms with Crippen LogP contribution in [0.1, 0.15) is 38.0 Å². The summed E-state index contributed by atoms with van der Waals surface area (Å²) >= 11 is 1.68. The van der Waals surface area contributed by atoms with E-state index in [1.165, 1.54) is 22.4 Å². The molecule has 3 nitrogen and oxygen atoms in total. The summed E-state index contributed by atoms with van der Waals surface area (Å²) in [5.41, 5.74) is 5.03. The summed E-state index contributed by atoms with van der Waals surface area (Å²) in [5.74, 6) is -1.04. The van der Waals surface area contributed by atoms with E-state index < -0.39 is 11.6 Å². The Kier molecular flexibility index (Phi) is 5.49. The molecule has 0 unspecified atom stereocenters. The first-order valence-corrected chi connectivity index (χ1v) is 12.0. The number of aromatic amines is 1. The maximum absolute atomic E-state index is 14.8. The minimum Gasteiger partial charge on any atom is -0.360 e. The van der Waals surface area contributed by atoms with Gasteiger partial charge in [0, 0.05) is 60.8 Å². The largest absolute Gasteiger partial charge is 0.360 e. The van der Waals surface area contributed by atoms with Crippen LogP contribution in [0.15, 0.2) is 35.3 Å². The van der Waals surface area contributed by atoms with Crippen molar-refractivity contribution in [3.05, 3.63) is 51.9 Å². The second kappa shape index (κ2) is 8.15. The van der Waals surface area contributed by atoms with Crippen molar-refractivity contribution in [3.8, 4) is 11.1 Å². The minimum atomic E-state index is -0.525. The zero-order chi connectivity index (χ0) is 21.6. The molecule has 0 bridgehead atoms. The Bertz CT molecular complexity index is 1140. The number of hydrogen-bond acceptors (Lipinski definition) is 3. The van der Waals surface area contributed by atoms with E-state index in [2.05, 4.69) is 35.1 Å². The molecule has 1 aliphatic carbocycles. The summed E-state index contributed by atoms with van der Waals surface area (Å²) in [6.07, 6.45) is 5.02. The van der Waals surface area contributed by atoms with E-state index in [9.17, 15) is 8.78 Å². The van der Waals surface area contributed by atoms with Crippen LogP contribution < -0.4 is 5.32 Å². The number of nitrogens with zero attached hydrogens (tertiary/aromatic N) is 1. The number of halogens is 2. The van der Waals surface area contributed by atoms with Crippen LogP contribution in [0, 0.1) is 17.0 Å². The molecule has 0 atom stereocenters. The van der Waals surface area contributed by atoms with Gasteiger partial charge in [-0.1, -0.05) is 19.4 Å². The predicted molar refractivity (Wildman–Crippen MR) is 125 cm³/mol. The van der Waals surface area contributed by atoms with Crippen molar-refractivity contribution >= 4 is 27.8 Å². The predicted octanol–water partition coefficient (Wildman–Crippen LogP) is 6.04. The van der Waals surface area contributed by atoms with E-state index in [1.807, 2.05) is 5.38 Å². The Morgan fingerprint density at radius 2 is 1.94 bits per heavy atom. The van der Waals surface area contributed by atoms with Gasteiger partial charge in [-0.3, -0.25) is 4.90 Å². The zero-order valence-electron chi connectivity index (χ0n) is 18.2. The Labute approximate surface area is 186 Å². The van der Waals surface area contributed by atoms with Crippen LogP contribution >= 0.6 is 11.3 Å². The van der Waals surface area contributed by atoms with Crippen LogP contribution in [-0.2, 0) is 0 Å². The monoisotopic (exact) mass is 441 g/mol. The Morgan fingerprint density at radius 3 is 2.74 bits per heavy atom. The van der Waals surface area contributed by atoms with Crippen LogP contribution in [-0.4, -0.2) is 42.6 Å². The third kappa shape index (κ3) is 4.09. The summed E-state index contributed by atoms with van der Waals surface area (Å²) in [7, 11) is 0. The molecule has 1 saturated heterocycles. The van der Waals surface area contributed by atoms with Gasteiger partial charge in [0.05, 0.1) is 5.52 Å². The molecule has 1 aliphatic heterocycles. The van der Waals surface area contributed by atoms with E-state index in [-0.39, 0.29) is 5.41 Å². The fraction of sp³-hybridized carbons (Fsp3) is 0.440. The highest BCUT2D eigenvalue weighted by Gasteiger charge is 2.30. The average molecular weight is 442 g/mol. The highest BCUT2D eigenvalue weighted by Crippen LogP contribution is 2.46. The lowest BCUT2D eigenvalue weighted by Gasteiger charge is -2.36. The van der Waals surface area contributed by atoms with Gasteiger partial charge in [-0.2, -0.15) is 0 Å². The molecule has 6 heteroatoms. The van der Waals surface area contributed by atoms with Crippen molar-refractivity contribution in [3.63, 3.8) is 0 Å². The van der Waals surface area contributed by atoms with Gasteiger partial charge in [-0.25, -0.2) is 8.78 Å². The summed E-state index contributed by atoms with van der Waals surface area (Å²) in [4.78, 5) is 6.79. The summed E-state index contributed by atoms with van der Waals surface area (Å²) in [6.45, 7) is 9.96. The van der Waals surface area contributed by atoms with Crippen LogP contribution in [0.2, 0.25) is 0 Å². The number of allylic oxidation sites excluding steroid dienone is 1. The second-order valence-electron chi connectivity index (χ2n) is 9.63. The third-order valence-electron chi connectivity index (χ3n) is 6.74. The van der Waals surface area contributed by atoms with Crippen LogP contribution in [0.25, 0.3) is 27.6 Å². The first-order valence-electron chi connectivity index (χ1n) is 11.1. The summed E-state index contributed by atoms with van der Waals surface area (Å²) in [6, 6.07) is 4.77. The molecule has 2 aliphatic rings. The van der Waals surface area contributed by atoms with Crippen molar-refractivity contribution in [1.82, 2.24) is 15.2 Å². The molecule has 3 aromatic rings. The fourth-order valence-electron chi connectivity index (χ4n) is 4.97. The molecule has 164 valence electrons. The lowest BCUT2D eigenvalue weighted by Crippen LogP contribution is -2.44. The van der Waals surface area contributed by atoms with Crippen LogP contribution in [0.5, 0.6) is 0 Å². The first-order chi connectivity index (χ1) is 14.9. The second-order valence-corrected chi connectivity index (χ2v) is 10.5. The number of rotatable bonds is 4. The number of hydrogen-bond donors (Lipinski definition) is 2. The Balaban J connectivity index is 1.54. The maximum Gasteiger partial charge on any atom is 0.136 e. The molecule has 0 amide bonds. The molecule has 1 aromatic carbocycles. The molecule has 2 aromatic heterocycles. The van der Waals surface area contributed by atoms with Crippen molar-refractivity contribution in [2.45, 2.75) is 33.1 Å². The third-order valence-corrected chi connectivity index (χ3v) is 7.73. The quantitative estimate of drug-likeness (QED) is 0.517. The number of nitrogens with one attached hydrogen (secondary N) is 2. The summed E-state index contributed by atoms with van der Waals surface area (Å²) in [5, 5.41) is 5.88. The molecule has 31 heavy (non-hydrogen) atoms. The van der Waals surface area contributed by atoms with Crippen molar-refractivity contribution in [2.75, 3.05) is 32.7 Å². The molecule has 2 N–H and O–H groups in total. The van der Waals surface area contributed by atoms with Crippen LogP contribution in [0.3, 0.4) is 0 Å². The van der Waals surface area contributed by atoms with Gasteiger partial charge in [-0.05, 0) is 53.3 Å². The number of thiophene rings is 1. The minimum absolute atomic E-state index is 0.264. The topological polar surface area (TPSA) is 31.1 Å². The molecular weight excluding hydrogens is 412 g/mol. The Morgan fingerprint density at radius 1 is 1.13 bits per heavy atom. The number of benzene rings is 1. The molecule has 0 spiro atoms. The van der Waals surface area contributed by atoms with Gasteiger partial charge in [-0.15, -0.1) is 11.3 Å². The highest BCUT2D eigenvalue weighted by atomic mass is 32.1. The van der Waals surface area contributed by atoms with E-state index in [4.69, 9.17) is 0 Å². The van der Waals surface area contributed by atoms with E-state index in [1.54, 1.807) is 23.6 Å². The Hall–Kier alpha value is -2.02. The van der Waals surface area contributed by atoms with Gasteiger partial charge in [0.2, 0.25) is 0 Å². The smallest absolute Gasteiger partial charge is 0.136 e. The lowest BCUT2D eigenvalue weighted by atomic mass is 9.73. The maximum atomic E-state index is 14.8. The lowest BCUT2D eigenvalue weighted by molar-refractivity contribution is 0.249. The van der Waals surface area contributed by atoms with Crippen molar-refractivity contribution in [2.24, 2.45) is 5.41 Å². The molecule has 0 saturated carbocycles. The standard InChI is InChI=1S/C25H29F2N3S/c1-25(2)5-3-16(14-30-9-7-28-8-10-30)19(13-25)22-11-17(15-31-22)23-21(27)12-20(26)18-4-6-29-24(18)23/h4,6,11-12,15,28-29H,3,5,7-10,13-14H2,1-2H3. The van der Waals surface area contributed by atoms with E-state index in [0.717, 1.165) is 57.2 Å². The van der Waals surface area contributed by atoms with Crippen LogP contribution in [0.4, 0.5) is 8.78 Å². The number of piperazine rings is 1. The van der Waals surface area contributed by atoms with Gasteiger partial charge < -0.3 is 10.3 Å². The number of H-pyrrole nitrogens is 1. The normalized spacial score (nSPS) is 20.0. The molecule has 5 rings (SSSR count). The van der Waals surface area contributed by atoms with Gasteiger partial charge in [0.25, 0.3) is 0 Å². The molecular formula is C25H29F2N3S. The number of fused-ring (bicyclic) bond motifs is 1. The fourth-order valence-corrected chi connectivity index (χ4v) is 5.96. The van der Waals surface area contributed by atoms with Gasteiger partial charge >= 0.3 is 0 Å². The van der Waals surface area contributed by atoms with Gasteiger partial charge in [0.1, 0.15) is 11.6 Å². The zero-order valence-corrected chi connectivity index (χ0v) is 19.0. The summed E-state index contributed by atoms with van der Waals surface area (Å²) < 4.78 is 29.0. The number of aromatic nitrogens is 1. The molecule has 1 fully saturated rings. The van der Waals surface area contributed by atoms with Crippen molar-refractivity contribution < 1.29 is 8.78 Å². The highest BCUT2D eigenvalue weighted by molar-refractivity contribution is 7.11. The van der Waals surface area contributed by atoms with Gasteiger partial charge in [0.15, 0.2) is 0 Å². The van der Waals surface area contributed by atoms with E-state index >= 15 is 0 Å². The SMILES string of the molecule is CC1(C)CCC(CN2CCNCC2)=C(c2cc(-c3c(F)cc(F)c4cc[nH]c34)cs2)C1.